The smallest absolute Gasteiger partial charge is 0.221 e. The Hall–Kier alpha value is -0.220. The number of thioether (sulfide) groups is 1. The molecule has 16 heavy (non-hydrogen) atoms. The van der Waals surface area contributed by atoms with Crippen molar-refractivity contribution in [3.8, 4) is 0 Å². The van der Waals surface area contributed by atoms with Gasteiger partial charge in [0.2, 0.25) is 5.91 Å². The van der Waals surface area contributed by atoms with Crippen LogP contribution in [0.15, 0.2) is 0 Å². The molecule has 4 heteroatoms. The van der Waals surface area contributed by atoms with E-state index < -0.39 is 0 Å². The Morgan fingerprint density at radius 1 is 1.38 bits per heavy atom. The topological polar surface area (TPSA) is 55.1 Å². The summed E-state index contributed by atoms with van der Waals surface area (Å²) in [6.45, 7) is 6.29. The van der Waals surface area contributed by atoms with Crippen LogP contribution in [0.3, 0.4) is 0 Å². The maximum atomic E-state index is 11.6. The molecular weight excluding hydrogens is 220 g/mol. The minimum atomic E-state index is 0.0159. The molecular formula is C12H26N2OS. The van der Waals surface area contributed by atoms with Gasteiger partial charge in [0, 0.05) is 18.5 Å². The molecule has 0 aromatic heterocycles. The predicted octanol–water partition coefficient (Wildman–Crippen LogP) is 2.15. The van der Waals surface area contributed by atoms with Gasteiger partial charge in [-0.25, -0.2) is 0 Å². The lowest BCUT2D eigenvalue weighted by Crippen LogP contribution is -2.37. The van der Waals surface area contributed by atoms with Crippen LogP contribution in [0, 0.1) is 0 Å². The highest BCUT2D eigenvalue weighted by molar-refractivity contribution is 7.99. The van der Waals surface area contributed by atoms with Crippen molar-refractivity contribution in [3.05, 3.63) is 0 Å². The first kappa shape index (κ1) is 15.8. The number of nitrogens with two attached hydrogens (primary N) is 1. The van der Waals surface area contributed by atoms with Gasteiger partial charge in [-0.1, -0.05) is 20.3 Å². The molecule has 0 aliphatic rings. The summed E-state index contributed by atoms with van der Waals surface area (Å²) in [4.78, 5) is 11.6. The quantitative estimate of drug-likeness (QED) is 0.613. The zero-order valence-electron chi connectivity index (χ0n) is 10.8. The number of carbonyl (C=O) groups is 1. The van der Waals surface area contributed by atoms with E-state index >= 15 is 0 Å². The zero-order chi connectivity index (χ0) is 12.4. The van der Waals surface area contributed by atoms with Crippen molar-refractivity contribution in [3.63, 3.8) is 0 Å². The predicted molar refractivity (Wildman–Crippen MR) is 72.7 cm³/mol. The number of carbonyl (C=O) groups excluding carboxylic acids is 1. The molecule has 0 aliphatic carbocycles. The molecule has 96 valence electrons. The van der Waals surface area contributed by atoms with Crippen LogP contribution in [0.2, 0.25) is 0 Å². The van der Waals surface area contributed by atoms with E-state index in [0.29, 0.717) is 6.42 Å². The Morgan fingerprint density at radius 3 is 2.62 bits per heavy atom. The van der Waals surface area contributed by atoms with Crippen molar-refractivity contribution in [2.45, 2.75) is 58.5 Å². The molecule has 2 unspecified atom stereocenters. The van der Waals surface area contributed by atoms with Crippen LogP contribution in [-0.2, 0) is 4.79 Å². The normalized spacial score (nSPS) is 14.5. The Labute approximate surface area is 104 Å². The van der Waals surface area contributed by atoms with E-state index in [-0.39, 0.29) is 18.0 Å². The van der Waals surface area contributed by atoms with Gasteiger partial charge in [-0.3, -0.25) is 4.79 Å². The monoisotopic (exact) mass is 246 g/mol. The van der Waals surface area contributed by atoms with Gasteiger partial charge < -0.3 is 11.1 Å². The highest BCUT2D eigenvalue weighted by atomic mass is 32.2. The van der Waals surface area contributed by atoms with E-state index in [4.69, 9.17) is 5.73 Å². The van der Waals surface area contributed by atoms with E-state index in [1.807, 2.05) is 11.8 Å². The lowest BCUT2D eigenvalue weighted by atomic mass is 10.1. The molecule has 0 rings (SSSR count). The van der Waals surface area contributed by atoms with Crippen molar-refractivity contribution in [1.82, 2.24) is 5.32 Å². The van der Waals surface area contributed by atoms with Gasteiger partial charge in [0.25, 0.3) is 0 Å². The first-order valence-electron chi connectivity index (χ1n) is 6.22. The highest BCUT2D eigenvalue weighted by Gasteiger charge is 2.11. The minimum Gasteiger partial charge on any atom is -0.354 e. The molecule has 1 amide bonds. The SMILES string of the molecule is CCCC(N)CC(=O)NC(C)CCSCC. The van der Waals surface area contributed by atoms with Crippen LogP contribution in [0.5, 0.6) is 0 Å². The number of hydrogen-bond donors (Lipinski definition) is 2. The van der Waals surface area contributed by atoms with Crippen LogP contribution in [0.4, 0.5) is 0 Å². The average Bonchev–Trinajstić information content (AvgIpc) is 2.17. The summed E-state index contributed by atoms with van der Waals surface area (Å²) in [7, 11) is 0. The van der Waals surface area contributed by atoms with Crippen molar-refractivity contribution in [2.24, 2.45) is 5.73 Å². The molecule has 3 N–H and O–H groups in total. The first-order valence-corrected chi connectivity index (χ1v) is 7.38. The van der Waals surface area contributed by atoms with Crippen LogP contribution >= 0.6 is 11.8 Å². The molecule has 0 fully saturated rings. The highest BCUT2D eigenvalue weighted by Crippen LogP contribution is 2.04. The molecule has 2 atom stereocenters. The van der Waals surface area contributed by atoms with Gasteiger partial charge in [-0.05, 0) is 31.3 Å². The molecule has 0 aromatic rings. The van der Waals surface area contributed by atoms with Crippen LogP contribution in [-0.4, -0.2) is 29.5 Å². The number of nitrogens with one attached hydrogen (secondary N) is 1. The van der Waals surface area contributed by atoms with Crippen molar-refractivity contribution < 1.29 is 4.79 Å². The van der Waals surface area contributed by atoms with Gasteiger partial charge >= 0.3 is 0 Å². The Bertz CT molecular complexity index is 188. The number of hydrogen-bond acceptors (Lipinski definition) is 3. The molecule has 3 nitrogen and oxygen atoms in total. The lowest BCUT2D eigenvalue weighted by molar-refractivity contribution is -0.122. The number of rotatable bonds is 9. The van der Waals surface area contributed by atoms with Crippen molar-refractivity contribution in [2.75, 3.05) is 11.5 Å². The molecule has 0 spiro atoms. The van der Waals surface area contributed by atoms with E-state index in [1.165, 1.54) is 0 Å². The summed E-state index contributed by atoms with van der Waals surface area (Å²) in [5.74, 6) is 2.34. The molecule has 0 aliphatic heterocycles. The second kappa shape index (κ2) is 9.97. The maximum Gasteiger partial charge on any atom is 0.221 e. The van der Waals surface area contributed by atoms with Crippen LogP contribution in [0.1, 0.15) is 46.5 Å². The summed E-state index contributed by atoms with van der Waals surface area (Å²) in [5, 5.41) is 3.00. The molecule has 0 saturated heterocycles. The largest absolute Gasteiger partial charge is 0.354 e. The fourth-order valence-corrected chi connectivity index (χ4v) is 2.33. The average molecular weight is 246 g/mol. The van der Waals surface area contributed by atoms with Crippen LogP contribution in [0.25, 0.3) is 0 Å². The third kappa shape index (κ3) is 9.04. The minimum absolute atomic E-state index is 0.0159. The van der Waals surface area contributed by atoms with Gasteiger partial charge in [0.05, 0.1) is 0 Å². The lowest BCUT2D eigenvalue weighted by Gasteiger charge is -2.15. The van der Waals surface area contributed by atoms with E-state index in [0.717, 1.165) is 30.8 Å². The van der Waals surface area contributed by atoms with Crippen molar-refractivity contribution in [1.29, 1.82) is 0 Å². The first-order chi connectivity index (χ1) is 7.60. The standard InChI is InChI=1S/C12H26N2OS/c1-4-6-11(13)9-12(15)14-10(3)7-8-16-5-2/h10-11H,4-9,13H2,1-3H3,(H,14,15). The fraction of sp³-hybridized carbons (Fsp3) is 0.917. The molecule has 0 heterocycles. The number of amides is 1. The second-order valence-electron chi connectivity index (χ2n) is 4.21. The van der Waals surface area contributed by atoms with Crippen LogP contribution < -0.4 is 11.1 Å². The van der Waals surface area contributed by atoms with E-state index in [2.05, 4.69) is 26.1 Å². The maximum absolute atomic E-state index is 11.6. The Kier molecular flexibility index (Phi) is 9.83. The second-order valence-corrected chi connectivity index (χ2v) is 5.60. The van der Waals surface area contributed by atoms with Gasteiger partial charge in [0.15, 0.2) is 0 Å². The third-order valence-corrected chi connectivity index (χ3v) is 3.35. The summed E-state index contributed by atoms with van der Waals surface area (Å²) in [5.41, 5.74) is 5.82. The van der Waals surface area contributed by atoms with Gasteiger partial charge in [-0.2, -0.15) is 11.8 Å². The fourth-order valence-electron chi connectivity index (χ4n) is 1.52. The summed E-state index contributed by atoms with van der Waals surface area (Å²) >= 11 is 1.91. The van der Waals surface area contributed by atoms with Crippen molar-refractivity contribution >= 4 is 17.7 Å². The van der Waals surface area contributed by atoms with E-state index in [1.54, 1.807) is 0 Å². The molecule has 0 radical (unpaired) electrons. The molecule has 0 bridgehead atoms. The van der Waals surface area contributed by atoms with Gasteiger partial charge in [0.1, 0.15) is 0 Å². The summed E-state index contributed by atoms with van der Waals surface area (Å²) in [6, 6.07) is 0.280. The Balaban J connectivity index is 3.61. The summed E-state index contributed by atoms with van der Waals surface area (Å²) < 4.78 is 0. The Morgan fingerprint density at radius 2 is 2.06 bits per heavy atom. The molecule has 0 saturated carbocycles. The van der Waals surface area contributed by atoms with Gasteiger partial charge in [-0.15, -0.1) is 0 Å². The summed E-state index contributed by atoms with van der Waals surface area (Å²) in [6.07, 6.45) is 3.46. The third-order valence-electron chi connectivity index (χ3n) is 2.41. The molecule has 0 aromatic carbocycles. The zero-order valence-corrected chi connectivity index (χ0v) is 11.6. The van der Waals surface area contributed by atoms with E-state index in [9.17, 15) is 4.79 Å².